The van der Waals surface area contributed by atoms with Crippen molar-refractivity contribution in [2.24, 2.45) is 0 Å². The van der Waals surface area contributed by atoms with E-state index in [0.717, 1.165) is 24.5 Å². The molecule has 1 aliphatic carbocycles. The van der Waals surface area contributed by atoms with Crippen molar-refractivity contribution < 1.29 is 17.9 Å². The number of nitrogens with zero attached hydrogens (tertiary/aromatic N) is 4. The Morgan fingerprint density at radius 1 is 1.03 bits per heavy atom. The van der Waals surface area contributed by atoms with Gasteiger partial charge in [0.05, 0.1) is 18.1 Å². The van der Waals surface area contributed by atoms with Crippen LogP contribution in [-0.4, -0.2) is 78.1 Å². The highest BCUT2D eigenvalue weighted by atomic mass is 32.2. The van der Waals surface area contributed by atoms with Gasteiger partial charge in [0.15, 0.2) is 5.82 Å². The van der Waals surface area contributed by atoms with Crippen molar-refractivity contribution in [2.75, 3.05) is 39.4 Å². The summed E-state index contributed by atoms with van der Waals surface area (Å²) >= 11 is 0. The molecule has 166 valence electrons. The predicted molar refractivity (Wildman–Crippen MR) is 112 cm³/mol. The number of ether oxygens (including phenoxy) is 1. The van der Waals surface area contributed by atoms with E-state index >= 15 is 0 Å². The van der Waals surface area contributed by atoms with Gasteiger partial charge in [0, 0.05) is 43.6 Å². The van der Waals surface area contributed by atoms with Gasteiger partial charge in [-0.2, -0.15) is 9.40 Å². The predicted octanol–water partition coefficient (Wildman–Crippen LogP) is 1.72. The highest BCUT2D eigenvalue weighted by Crippen LogP contribution is 2.38. The molecule has 0 bridgehead atoms. The zero-order valence-corrected chi connectivity index (χ0v) is 18.2. The Morgan fingerprint density at radius 2 is 1.77 bits per heavy atom. The number of hydrogen-bond donors (Lipinski definition) is 1. The van der Waals surface area contributed by atoms with Crippen molar-refractivity contribution in [3.05, 3.63) is 41.5 Å². The fourth-order valence-electron chi connectivity index (χ4n) is 4.26. The number of piperidine rings is 1. The lowest BCUT2D eigenvalue weighted by Gasteiger charge is -2.31. The molecule has 2 aromatic rings. The summed E-state index contributed by atoms with van der Waals surface area (Å²) in [5, 5.41) is 7.42. The fraction of sp³-hybridized carbons (Fsp3) is 0.571. The second kappa shape index (κ2) is 8.33. The van der Waals surface area contributed by atoms with E-state index in [-0.39, 0.29) is 16.7 Å². The maximum atomic E-state index is 13.1. The molecule has 1 saturated carbocycles. The van der Waals surface area contributed by atoms with Crippen LogP contribution in [0.25, 0.3) is 0 Å². The Labute approximate surface area is 181 Å². The number of rotatable bonds is 5. The number of amides is 1. The third kappa shape index (κ3) is 4.24. The highest BCUT2D eigenvalue weighted by molar-refractivity contribution is 7.89. The van der Waals surface area contributed by atoms with Crippen molar-refractivity contribution in [1.82, 2.24) is 24.4 Å². The number of morpholine rings is 1. The van der Waals surface area contributed by atoms with Gasteiger partial charge in [-0.15, -0.1) is 0 Å². The first-order valence-corrected chi connectivity index (χ1v) is 12.4. The molecule has 10 heteroatoms. The molecule has 0 radical (unpaired) electrons. The number of H-pyrrole nitrogens is 1. The standard InChI is InChI=1S/C21H27N5O4S/c27-21(17-2-1-3-18(14-17)31(28,29)26-10-12-30-13-11-26)25-8-6-16(7-9-25)20-22-19(23-24-20)15-4-5-15/h1-3,14-16H,4-13H2,(H,22,23,24). The van der Waals surface area contributed by atoms with Crippen molar-refractivity contribution in [3.8, 4) is 0 Å². The quantitative estimate of drug-likeness (QED) is 0.751. The monoisotopic (exact) mass is 445 g/mol. The SMILES string of the molecule is O=C(c1cccc(S(=O)(=O)N2CCOCC2)c1)N1CCC(c2nc(C3CC3)n[nH]2)CC1. The first kappa shape index (κ1) is 20.6. The number of sulfonamides is 1. The highest BCUT2D eigenvalue weighted by Gasteiger charge is 2.31. The Morgan fingerprint density at radius 3 is 2.48 bits per heavy atom. The lowest BCUT2D eigenvalue weighted by Crippen LogP contribution is -2.41. The molecule has 9 nitrogen and oxygen atoms in total. The van der Waals surface area contributed by atoms with Crippen LogP contribution in [0.4, 0.5) is 0 Å². The number of hydrogen-bond acceptors (Lipinski definition) is 6. The summed E-state index contributed by atoms with van der Waals surface area (Å²) < 4.78 is 32.5. The van der Waals surface area contributed by atoms with E-state index in [9.17, 15) is 13.2 Å². The summed E-state index contributed by atoms with van der Waals surface area (Å²) in [5.74, 6) is 2.51. The molecular formula is C21H27N5O4S. The molecule has 0 spiro atoms. The maximum Gasteiger partial charge on any atom is 0.253 e. The molecule has 1 N–H and O–H groups in total. The van der Waals surface area contributed by atoms with E-state index in [0.29, 0.717) is 50.9 Å². The summed E-state index contributed by atoms with van der Waals surface area (Å²) in [5.41, 5.74) is 0.406. The van der Waals surface area contributed by atoms with E-state index in [4.69, 9.17) is 4.74 Å². The smallest absolute Gasteiger partial charge is 0.253 e. The van der Waals surface area contributed by atoms with Gasteiger partial charge in [-0.25, -0.2) is 13.4 Å². The third-order valence-electron chi connectivity index (χ3n) is 6.32. The van der Waals surface area contributed by atoms with Crippen molar-refractivity contribution >= 4 is 15.9 Å². The van der Waals surface area contributed by atoms with Crippen LogP contribution in [0.5, 0.6) is 0 Å². The van der Waals surface area contributed by atoms with Crippen LogP contribution in [0.2, 0.25) is 0 Å². The number of aromatic nitrogens is 3. The van der Waals surface area contributed by atoms with Gasteiger partial charge < -0.3 is 9.64 Å². The summed E-state index contributed by atoms with van der Waals surface area (Å²) in [4.78, 5) is 19.7. The van der Waals surface area contributed by atoms with Gasteiger partial charge >= 0.3 is 0 Å². The van der Waals surface area contributed by atoms with Gasteiger partial charge in [0.1, 0.15) is 5.82 Å². The van der Waals surface area contributed by atoms with Crippen molar-refractivity contribution in [3.63, 3.8) is 0 Å². The third-order valence-corrected chi connectivity index (χ3v) is 8.21. The molecule has 5 rings (SSSR count). The average Bonchev–Trinajstić information content (AvgIpc) is 3.56. The van der Waals surface area contributed by atoms with Crippen molar-refractivity contribution in [1.29, 1.82) is 0 Å². The van der Waals surface area contributed by atoms with Crippen LogP contribution < -0.4 is 0 Å². The normalized spacial score (nSPS) is 21.4. The van der Waals surface area contributed by atoms with Gasteiger partial charge in [-0.1, -0.05) is 6.07 Å². The Balaban J connectivity index is 1.25. The molecule has 0 atom stereocenters. The fourth-order valence-corrected chi connectivity index (χ4v) is 5.71. The summed E-state index contributed by atoms with van der Waals surface area (Å²) in [6.07, 6.45) is 3.97. The second-order valence-electron chi connectivity index (χ2n) is 8.46. The zero-order chi connectivity index (χ0) is 21.4. The van der Waals surface area contributed by atoms with E-state index in [1.54, 1.807) is 23.1 Å². The molecule has 1 aromatic heterocycles. The summed E-state index contributed by atoms with van der Waals surface area (Å²) in [6.45, 7) is 2.67. The lowest BCUT2D eigenvalue weighted by atomic mass is 9.95. The number of benzene rings is 1. The maximum absolute atomic E-state index is 13.1. The molecule has 2 saturated heterocycles. The van der Waals surface area contributed by atoms with Gasteiger partial charge in [0.2, 0.25) is 10.0 Å². The minimum Gasteiger partial charge on any atom is -0.379 e. The van der Waals surface area contributed by atoms with E-state index in [1.165, 1.54) is 23.2 Å². The number of likely N-dealkylation sites (tertiary alicyclic amines) is 1. The first-order valence-electron chi connectivity index (χ1n) is 10.9. The molecule has 3 heterocycles. The van der Waals surface area contributed by atoms with E-state index in [1.807, 2.05) is 0 Å². The minimum atomic E-state index is -3.63. The van der Waals surface area contributed by atoms with E-state index in [2.05, 4.69) is 15.2 Å². The van der Waals surface area contributed by atoms with Crippen LogP contribution in [0.3, 0.4) is 0 Å². The molecule has 3 fully saturated rings. The van der Waals surface area contributed by atoms with Crippen LogP contribution in [0.1, 0.15) is 59.5 Å². The summed E-state index contributed by atoms with van der Waals surface area (Å²) in [7, 11) is -3.63. The van der Waals surface area contributed by atoms with Crippen LogP contribution in [0, 0.1) is 0 Å². The first-order chi connectivity index (χ1) is 15.0. The number of aromatic amines is 1. The zero-order valence-electron chi connectivity index (χ0n) is 17.4. The topological polar surface area (TPSA) is 108 Å². The molecule has 1 amide bonds. The summed E-state index contributed by atoms with van der Waals surface area (Å²) in [6, 6.07) is 6.37. The second-order valence-corrected chi connectivity index (χ2v) is 10.4. The van der Waals surface area contributed by atoms with Gasteiger partial charge in [0.25, 0.3) is 5.91 Å². The van der Waals surface area contributed by atoms with Crippen LogP contribution in [-0.2, 0) is 14.8 Å². The van der Waals surface area contributed by atoms with Crippen molar-refractivity contribution in [2.45, 2.75) is 42.4 Å². The minimum absolute atomic E-state index is 0.131. The van der Waals surface area contributed by atoms with Crippen LogP contribution >= 0.6 is 0 Å². The number of carbonyl (C=O) groups is 1. The molecule has 3 aliphatic rings. The Kier molecular flexibility index (Phi) is 5.53. The Bertz CT molecular complexity index is 1050. The molecule has 31 heavy (non-hydrogen) atoms. The Hall–Kier alpha value is -2.30. The molecule has 0 unspecified atom stereocenters. The van der Waals surface area contributed by atoms with Gasteiger partial charge in [-0.3, -0.25) is 9.89 Å². The molecule has 1 aromatic carbocycles. The number of carbonyl (C=O) groups excluding carboxylic acids is 1. The molecule has 2 aliphatic heterocycles. The average molecular weight is 446 g/mol. The number of nitrogens with one attached hydrogen (secondary N) is 1. The largest absolute Gasteiger partial charge is 0.379 e. The molecular weight excluding hydrogens is 418 g/mol. The van der Waals surface area contributed by atoms with Crippen LogP contribution in [0.15, 0.2) is 29.2 Å². The van der Waals surface area contributed by atoms with E-state index < -0.39 is 10.0 Å². The lowest BCUT2D eigenvalue weighted by molar-refractivity contribution is 0.0710. The van der Waals surface area contributed by atoms with Gasteiger partial charge in [-0.05, 0) is 43.9 Å².